The van der Waals surface area contributed by atoms with Gasteiger partial charge in [-0.25, -0.2) is 8.78 Å². The van der Waals surface area contributed by atoms with Crippen molar-refractivity contribution in [2.45, 2.75) is 13.5 Å². The molecule has 2 rings (SSSR count). The number of benzene rings is 2. The molecule has 0 atom stereocenters. The fourth-order valence-electron chi connectivity index (χ4n) is 1.98. The number of rotatable bonds is 3. The van der Waals surface area contributed by atoms with E-state index >= 15 is 0 Å². The van der Waals surface area contributed by atoms with Crippen LogP contribution in [0.15, 0.2) is 36.4 Å². The average molecular weight is 247 g/mol. The van der Waals surface area contributed by atoms with Gasteiger partial charge in [-0.2, -0.15) is 0 Å². The van der Waals surface area contributed by atoms with Crippen molar-refractivity contribution in [1.29, 1.82) is 0 Å². The maximum atomic E-state index is 13.8. The van der Waals surface area contributed by atoms with E-state index in [1.807, 2.05) is 32.2 Å². The molecule has 94 valence electrons. The van der Waals surface area contributed by atoms with Crippen LogP contribution < -0.4 is 5.32 Å². The molecule has 0 saturated heterocycles. The highest BCUT2D eigenvalue weighted by molar-refractivity contribution is 5.68. The summed E-state index contributed by atoms with van der Waals surface area (Å²) < 4.78 is 26.7. The summed E-state index contributed by atoms with van der Waals surface area (Å²) in [7, 11) is 1.86. The van der Waals surface area contributed by atoms with E-state index in [-0.39, 0.29) is 0 Å². The SMILES string of the molecule is CNCc1ccc(C)c(-c2ccc(F)cc2F)c1. The molecule has 2 aromatic carbocycles. The van der Waals surface area contributed by atoms with Gasteiger partial charge >= 0.3 is 0 Å². The van der Waals surface area contributed by atoms with Gasteiger partial charge in [0.05, 0.1) is 0 Å². The first kappa shape index (κ1) is 12.7. The van der Waals surface area contributed by atoms with Gasteiger partial charge in [-0.15, -0.1) is 0 Å². The van der Waals surface area contributed by atoms with Crippen LogP contribution in [0.1, 0.15) is 11.1 Å². The molecule has 0 spiro atoms. The number of nitrogens with one attached hydrogen (secondary N) is 1. The van der Waals surface area contributed by atoms with Gasteiger partial charge < -0.3 is 5.32 Å². The van der Waals surface area contributed by atoms with Crippen LogP contribution in [0.5, 0.6) is 0 Å². The lowest BCUT2D eigenvalue weighted by molar-refractivity contribution is 0.585. The molecule has 0 heterocycles. The first-order valence-electron chi connectivity index (χ1n) is 5.81. The molecule has 0 aromatic heterocycles. The van der Waals surface area contributed by atoms with Gasteiger partial charge in [0, 0.05) is 18.2 Å². The van der Waals surface area contributed by atoms with Crippen LogP contribution in [-0.2, 0) is 6.54 Å². The second-order valence-corrected chi connectivity index (χ2v) is 4.30. The third-order valence-corrected chi connectivity index (χ3v) is 2.90. The summed E-state index contributed by atoms with van der Waals surface area (Å²) >= 11 is 0. The van der Waals surface area contributed by atoms with Gasteiger partial charge in [-0.1, -0.05) is 12.1 Å². The quantitative estimate of drug-likeness (QED) is 0.872. The molecule has 0 aliphatic heterocycles. The minimum Gasteiger partial charge on any atom is -0.316 e. The fourth-order valence-corrected chi connectivity index (χ4v) is 1.98. The zero-order valence-corrected chi connectivity index (χ0v) is 10.4. The van der Waals surface area contributed by atoms with Gasteiger partial charge in [-0.05, 0) is 48.9 Å². The van der Waals surface area contributed by atoms with E-state index in [2.05, 4.69) is 5.32 Å². The summed E-state index contributed by atoms with van der Waals surface area (Å²) in [5, 5.41) is 3.05. The zero-order chi connectivity index (χ0) is 13.1. The first-order valence-corrected chi connectivity index (χ1v) is 5.81. The van der Waals surface area contributed by atoms with Crippen LogP contribution in [0, 0.1) is 18.6 Å². The van der Waals surface area contributed by atoms with Crippen molar-refractivity contribution in [3.63, 3.8) is 0 Å². The van der Waals surface area contributed by atoms with Crippen LogP contribution in [0.25, 0.3) is 11.1 Å². The Morgan fingerprint density at radius 3 is 2.44 bits per heavy atom. The lowest BCUT2D eigenvalue weighted by atomic mass is 9.97. The Morgan fingerprint density at radius 1 is 1.00 bits per heavy atom. The third kappa shape index (κ3) is 2.57. The molecule has 3 heteroatoms. The Labute approximate surface area is 105 Å². The maximum Gasteiger partial charge on any atom is 0.133 e. The Morgan fingerprint density at radius 2 is 1.78 bits per heavy atom. The summed E-state index contributed by atoms with van der Waals surface area (Å²) in [6, 6.07) is 9.56. The molecule has 0 radical (unpaired) electrons. The van der Waals surface area contributed by atoms with Crippen molar-refractivity contribution in [3.05, 3.63) is 59.2 Å². The maximum absolute atomic E-state index is 13.8. The van der Waals surface area contributed by atoms with Crippen molar-refractivity contribution in [2.24, 2.45) is 0 Å². The Bertz CT molecular complexity index is 564. The lowest BCUT2D eigenvalue weighted by Gasteiger charge is -2.10. The van der Waals surface area contributed by atoms with Crippen LogP contribution in [-0.4, -0.2) is 7.05 Å². The molecule has 2 aromatic rings. The summed E-state index contributed by atoms with van der Waals surface area (Å²) in [4.78, 5) is 0. The molecular formula is C15H15F2N. The van der Waals surface area contributed by atoms with Crippen molar-refractivity contribution in [2.75, 3.05) is 7.05 Å². The molecule has 0 unspecified atom stereocenters. The monoisotopic (exact) mass is 247 g/mol. The van der Waals surface area contributed by atoms with Gasteiger partial charge in [0.1, 0.15) is 11.6 Å². The summed E-state index contributed by atoms with van der Waals surface area (Å²) in [6.07, 6.45) is 0. The van der Waals surface area contributed by atoms with E-state index in [0.717, 1.165) is 29.3 Å². The van der Waals surface area contributed by atoms with Crippen LogP contribution in [0.2, 0.25) is 0 Å². The van der Waals surface area contributed by atoms with Crippen LogP contribution in [0.4, 0.5) is 8.78 Å². The van der Waals surface area contributed by atoms with Crippen molar-refractivity contribution < 1.29 is 8.78 Å². The largest absolute Gasteiger partial charge is 0.316 e. The van der Waals surface area contributed by atoms with Gasteiger partial charge in [-0.3, -0.25) is 0 Å². The Kier molecular flexibility index (Phi) is 3.72. The molecule has 0 amide bonds. The van der Waals surface area contributed by atoms with E-state index in [9.17, 15) is 8.78 Å². The number of halogens is 2. The first-order chi connectivity index (χ1) is 8.61. The van der Waals surface area contributed by atoms with E-state index in [1.54, 1.807) is 0 Å². The molecular weight excluding hydrogens is 232 g/mol. The highest BCUT2D eigenvalue weighted by Gasteiger charge is 2.09. The minimum atomic E-state index is -0.555. The standard InChI is InChI=1S/C15H15F2N/c1-10-3-4-11(9-18-2)7-14(10)13-6-5-12(16)8-15(13)17/h3-8,18H,9H2,1-2H3. The smallest absolute Gasteiger partial charge is 0.133 e. The van der Waals surface area contributed by atoms with E-state index in [4.69, 9.17) is 0 Å². The summed E-state index contributed by atoms with van der Waals surface area (Å²) in [5.41, 5.74) is 3.29. The normalized spacial score (nSPS) is 10.7. The van der Waals surface area contributed by atoms with E-state index < -0.39 is 11.6 Å². The predicted octanol–water partition coefficient (Wildman–Crippen LogP) is 3.66. The topological polar surface area (TPSA) is 12.0 Å². The van der Waals surface area contributed by atoms with Crippen molar-refractivity contribution >= 4 is 0 Å². The number of hydrogen-bond donors (Lipinski definition) is 1. The average Bonchev–Trinajstić information content (AvgIpc) is 2.33. The fraction of sp³-hybridized carbons (Fsp3) is 0.200. The minimum absolute atomic E-state index is 0.437. The van der Waals surface area contributed by atoms with E-state index in [1.165, 1.54) is 12.1 Å². The van der Waals surface area contributed by atoms with Crippen molar-refractivity contribution in [3.8, 4) is 11.1 Å². The van der Waals surface area contributed by atoms with Crippen molar-refractivity contribution in [1.82, 2.24) is 5.32 Å². The molecule has 0 fully saturated rings. The molecule has 18 heavy (non-hydrogen) atoms. The van der Waals surface area contributed by atoms with E-state index in [0.29, 0.717) is 5.56 Å². The number of hydrogen-bond acceptors (Lipinski definition) is 1. The lowest BCUT2D eigenvalue weighted by Crippen LogP contribution is -2.05. The summed E-state index contributed by atoms with van der Waals surface area (Å²) in [6.45, 7) is 2.64. The molecule has 0 saturated carbocycles. The Balaban J connectivity index is 2.51. The highest BCUT2D eigenvalue weighted by Crippen LogP contribution is 2.27. The second-order valence-electron chi connectivity index (χ2n) is 4.30. The van der Waals surface area contributed by atoms with Crippen LogP contribution >= 0.6 is 0 Å². The summed E-state index contributed by atoms with van der Waals surface area (Å²) in [5.74, 6) is -1.08. The van der Waals surface area contributed by atoms with Gasteiger partial charge in [0.25, 0.3) is 0 Å². The molecule has 0 aliphatic carbocycles. The highest BCUT2D eigenvalue weighted by atomic mass is 19.1. The second kappa shape index (κ2) is 5.27. The molecule has 0 bridgehead atoms. The van der Waals surface area contributed by atoms with Gasteiger partial charge in [0.2, 0.25) is 0 Å². The molecule has 1 nitrogen and oxygen atoms in total. The van der Waals surface area contributed by atoms with Crippen LogP contribution in [0.3, 0.4) is 0 Å². The Hall–Kier alpha value is -1.74. The third-order valence-electron chi connectivity index (χ3n) is 2.90. The predicted molar refractivity (Wildman–Crippen MR) is 69.3 cm³/mol. The molecule has 0 aliphatic rings. The number of aryl methyl sites for hydroxylation is 1. The zero-order valence-electron chi connectivity index (χ0n) is 10.4. The van der Waals surface area contributed by atoms with Gasteiger partial charge in [0.15, 0.2) is 0 Å². The molecule has 1 N–H and O–H groups in total.